The first-order chi connectivity index (χ1) is 37.2. The van der Waals surface area contributed by atoms with Gasteiger partial charge in [0.15, 0.2) is 0 Å². The standard InChI is InChI=1S/C47H70N10O22/c58-29-6-4-28(5-7-29)23-34(50-37(61)24-54-15-17-55(25-39(64)65)19-21-57(27-41(68)69)22-20-56(18-16-54)26-40(66)67)42(70)51-32(45(75)76)9-12-36(60)49-31(44(73)74)8-11-35(59)48-14-2-1-3-30(43(71)72)52-47(79)53-33(46(77)78)10-13-38(62)63/h4-7,30-34,58H,1-3,8-27H2,(H,48,59)(H,49,60)(H,50,61)(H,51,70)(H,62,63)(H,64,65)(H,66,67)(H,68,69)(H,71,72)(H,73,74)(H,75,76)(H,77,78)(H2,52,53,79). The average molecular weight is 1130 g/mol. The van der Waals surface area contributed by atoms with Crippen molar-refractivity contribution in [1.82, 2.24) is 51.5 Å². The largest absolute Gasteiger partial charge is 0.508 e. The summed E-state index contributed by atoms with van der Waals surface area (Å²) in [6.45, 7) is -0.934. The zero-order chi connectivity index (χ0) is 59.2. The highest BCUT2D eigenvalue weighted by molar-refractivity contribution is 5.92. The Morgan fingerprint density at radius 2 is 0.785 bits per heavy atom. The number of nitrogens with one attached hydrogen (secondary N) is 6. The maximum atomic E-state index is 13.8. The van der Waals surface area contributed by atoms with E-state index in [-0.39, 0.29) is 96.9 Å². The molecule has 0 aromatic heterocycles. The minimum Gasteiger partial charge on any atom is -0.508 e. The van der Waals surface area contributed by atoms with Crippen LogP contribution in [0, 0.1) is 0 Å². The third-order valence-corrected chi connectivity index (χ3v) is 12.1. The monoisotopic (exact) mass is 1130 g/mol. The number of urea groups is 1. The second-order valence-corrected chi connectivity index (χ2v) is 18.4. The molecule has 0 bridgehead atoms. The number of unbranched alkanes of at least 4 members (excludes halogenated alkanes) is 1. The van der Waals surface area contributed by atoms with Gasteiger partial charge in [0.1, 0.15) is 36.0 Å². The third kappa shape index (κ3) is 29.2. The molecule has 440 valence electrons. The van der Waals surface area contributed by atoms with E-state index < -0.39 is 166 Å². The highest BCUT2D eigenvalue weighted by atomic mass is 16.4. The summed E-state index contributed by atoms with van der Waals surface area (Å²) in [7, 11) is 0. The summed E-state index contributed by atoms with van der Waals surface area (Å²) in [5.74, 6) is -14.5. The van der Waals surface area contributed by atoms with E-state index >= 15 is 0 Å². The van der Waals surface area contributed by atoms with Crippen LogP contribution in [0.4, 0.5) is 4.79 Å². The highest BCUT2D eigenvalue weighted by Gasteiger charge is 2.30. The summed E-state index contributed by atoms with van der Waals surface area (Å²) in [4.78, 5) is 165. The van der Waals surface area contributed by atoms with Gasteiger partial charge in [-0.2, -0.15) is 0 Å². The smallest absolute Gasteiger partial charge is 0.326 e. The van der Waals surface area contributed by atoms with Gasteiger partial charge < -0.3 is 77.9 Å². The van der Waals surface area contributed by atoms with Gasteiger partial charge in [-0.15, -0.1) is 0 Å². The van der Waals surface area contributed by atoms with Crippen molar-refractivity contribution in [2.75, 3.05) is 85.1 Å². The van der Waals surface area contributed by atoms with E-state index in [4.69, 9.17) is 5.11 Å². The molecule has 5 atom stereocenters. The van der Waals surface area contributed by atoms with Gasteiger partial charge in [-0.1, -0.05) is 12.1 Å². The van der Waals surface area contributed by atoms with E-state index in [1.54, 1.807) is 9.80 Å². The number of carbonyl (C=O) groups excluding carboxylic acids is 5. The molecule has 15 N–H and O–H groups in total. The van der Waals surface area contributed by atoms with Crippen LogP contribution in [-0.2, 0) is 64.0 Å². The normalized spacial score (nSPS) is 15.8. The van der Waals surface area contributed by atoms with Gasteiger partial charge in [0.2, 0.25) is 23.6 Å². The number of hydrogen-bond acceptors (Lipinski definition) is 18. The number of carbonyl (C=O) groups is 13. The van der Waals surface area contributed by atoms with Crippen molar-refractivity contribution in [2.45, 2.75) is 94.4 Å². The number of aromatic hydroxyl groups is 1. The van der Waals surface area contributed by atoms with Gasteiger partial charge in [0.05, 0.1) is 26.2 Å². The molecule has 5 unspecified atom stereocenters. The van der Waals surface area contributed by atoms with E-state index in [1.165, 1.54) is 34.1 Å². The van der Waals surface area contributed by atoms with Crippen LogP contribution in [0.3, 0.4) is 0 Å². The van der Waals surface area contributed by atoms with E-state index in [9.17, 15) is 103 Å². The number of phenols is 1. The number of phenolic OH excluding ortho intramolecular Hbond substituents is 1. The Morgan fingerprint density at radius 1 is 0.405 bits per heavy atom. The zero-order valence-electron chi connectivity index (χ0n) is 43.1. The summed E-state index contributed by atoms with van der Waals surface area (Å²) < 4.78 is 0. The number of amides is 6. The second kappa shape index (κ2) is 35.2. The van der Waals surface area contributed by atoms with Crippen molar-refractivity contribution in [3.05, 3.63) is 29.8 Å². The summed E-state index contributed by atoms with van der Waals surface area (Å²) in [5, 5.41) is 99.3. The predicted octanol–water partition coefficient (Wildman–Crippen LogP) is -4.05. The van der Waals surface area contributed by atoms with Crippen LogP contribution >= 0.6 is 0 Å². The first-order valence-electron chi connectivity index (χ1n) is 24.9. The number of rotatable bonds is 34. The minimum absolute atomic E-state index is 0.0267. The summed E-state index contributed by atoms with van der Waals surface area (Å²) in [6.07, 6.45) is -3.25. The van der Waals surface area contributed by atoms with Gasteiger partial charge in [-0.05, 0) is 56.2 Å². The summed E-state index contributed by atoms with van der Waals surface area (Å²) >= 11 is 0. The predicted molar refractivity (Wildman–Crippen MR) is 268 cm³/mol. The molecule has 32 heteroatoms. The van der Waals surface area contributed by atoms with Gasteiger partial charge in [-0.25, -0.2) is 24.0 Å². The maximum absolute atomic E-state index is 13.8. The van der Waals surface area contributed by atoms with Crippen LogP contribution in [0.1, 0.15) is 63.4 Å². The van der Waals surface area contributed by atoms with E-state index in [0.717, 1.165) is 0 Å². The van der Waals surface area contributed by atoms with Crippen LogP contribution < -0.4 is 31.9 Å². The van der Waals surface area contributed by atoms with Gasteiger partial charge in [-0.3, -0.25) is 58.0 Å². The highest BCUT2D eigenvalue weighted by Crippen LogP contribution is 2.13. The van der Waals surface area contributed by atoms with Crippen LogP contribution in [0.15, 0.2) is 24.3 Å². The number of hydrogen-bond donors (Lipinski definition) is 15. The lowest BCUT2D eigenvalue weighted by Crippen LogP contribution is -2.55. The molecule has 2 rings (SSSR count). The van der Waals surface area contributed by atoms with E-state index in [0.29, 0.717) is 5.56 Å². The van der Waals surface area contributed by atoms with Crippen LogP contribution in [-0.4, -0.2) is 258 Å². The molecule has 1 aliphatic heterocycles. The van der Waals surface area contributed by atoms with Crippen LogP contribution in [0.25, 0.3) is 0 Å². The van der Waals surface area contributed by atoms with Crippen molar-refractivity contribution < 1.29 is 108 Å². The number of aliphatic carboxylic acids is 8. The SMILES string of the molecule is O=C(O)CCC(NC(=O)NC(CCCCNC(=O)CCC(NC(=O)CCC(NC(=O)C(Cc1ccc(O)cc1)NC(=O)CN1CCN(CC(=O)O)CCN(CC(=O)O)CCN(CC(=O)O)CC1)C(=O)O)C(=O)O)C(=O)O)C(=O)O. The number of benzene rings is 1. The average Bonchev–Trinajstić information content (AvgIpc) is 3.35. The molecule has 32 nitrogen and oxygen atoms in total. The van der Waals surface area contributed by atoms with Crippen molar-refractivity contribution >= 4 is 77.4 Å². The number of carboxylic acid groups (broad SMARTS) is 8. The summed E-state index contributed by atoms with van der Waals surface area (Å²) in [6, 6.07) is -3.65. The lowest BCUT2D eigenvalue weighted by Gasteiger charge is -2.33. The minimum atomic E-state index is -1.77. The third-order valence-electron chi connectivity index (χ3n) is 12.1. The second-order valence-electron chi connectivity index (χ2n) is 18.4. The van der Waals surface area contributed by atoms with Crippen molar-refractivity contribution in [1.29, 1.82) is 0 Å². The Balaban J connectivity index is 2.06. The van der Waals surface area contributed by atoms with Crippen molar-refractivity contribution in [2.24, 2.45) is 0 Å². The lowest BCUT2D eigenvalue weighted by molar-refractivity contribution is -0.144. The molecule has 1 aromatic carbocycles. The molecular weight excluding hydrogens is 1060 g/mol. The summed E-state index contributed by atoms with van der Waals surface area (Å²) in [5.41, 5.74) is 0.406. The fraction of sp³-hybridized carbons (Fsp3) is 0.596. The molecular formula is C47H70N10O22. The Labute approximate surface area is 451 Å². The Morgan fingerprint density at radius 3 is 1.22 bits per heavy atom. The molecule has 1 aromatic rings. The number of nitrogens with zero attached hydrogens (tertiary/aromatic N) is 4. The quantitative estimate of drug-likeness (QED) is 0.0292. The van der Waals surface area contributed by atoms with E-state index in [1.807, 2.05) is 5.32 Å². The molecule has 0 radical (unpaired) electrons. The molecule has 1 saturated heterocycles. The Bertz CT molecular complexity index is 2260. The molecule has 6 amide bonds. The van der Waals surface area contributed by atoms with Crippen LogP contribution in [0.2, 0.25) is 0 Å². The Hall–Kier alpha value is -8.23. The molecule has 0 spiro atoms. The molecule has 0 saturated carbocycles. The molecule has 1 fully saturated rings. The van der Waals surface area contributed by atoms with Gasteiger partial charge >= 0.3 is 53.8 Å². The first kappa shape index (κ1) is 66.9. The fourth-order valence-corrected chi connectivity index (χ4v) is 7.84. The lowest BCUT2D eigenvalue weighted by atomic mass is 10.0. The van der Waals surface area contributed by atoms with Crippen molar-refractivity contribution in [3.8, 4) is 5.75 Å². The molecule has 1 aliphatic rings. The number of carboxylic acids is 8. The topological polar surface area (TPSA) is 489 Å². The molecule has 79 heavy (non-hydrogen) atoms. The molecule has 0 aliphatic carbocycles. The van der Waals surface area contributed by atoms with Gasteiger partial charge in [0.25, 0.3) is 0 Å². The van der Waals surface area contributed by atoms with E-state index in [2.05, 4.69) is 26.6 Å². The van der Waals surface area contributed by atoms with Crippen molar-refractivity contribution in [3.63, 3.8) is 0 Å². The fourth-order valence-electron chi connectivity index (χ4n) is 7.84. The molecule has 1 heterocycles. The Kier molecular flexibility index (Phi) is 29.8. The van der Waals surface area contributed by atoms with Gasteiger partial charge in [0, 0.05) is 84.6 Å². The zero-order valence-corrected chi connectivity index (χ0v) is 43.1. The van der Waals surface area contributed by atoms with Crippen LogP contribution in [0.5, 0.6) is 5.75 Å². The maximum Gasteiger partial charge on any atom is 0.326 e. The first-order valence-corrected chi connectivity index (χ1v) is 24.9.